The average molecular weight is 242 g/mol. The largest absolute Gasteiger partial charge is 0.379 e. The van der Waals surface area contributed by atoms with Crippen LogP contribution in [0.4, 0.5) is 0 Å². The smallest absolute Gasteiger partial charge is 0.0659 e. The summed E-state index contributed by atoms with van der Waals surface area (Å²) in [5, 5.41) is 0. The van der Waals surface area contributed by atoms with Gasteiger partial charge in [-0.2, -0.15) is 0 Å². The maximum atomic E-state index is 6.03. The second kappa shape index (κ2) is 6.89. The molecule has 0 aliphatic carbocycles. The fraction of sp³-hybridized carbons (Fsp3) is 0.267. The second-order valence-electron chi connectivity index (χ2n) is 4.16. The first-order valence-electron chi connectivity index (χ1n) is 6.14. The first-order valence-corrected chi connectivity index (χ1v) is 6.14. The van der Waals surface area contributed by atoms with E-state index >= 15 is 0 Å². The molecule has 0 fully saturated rings. The van der Waals surface area contributed by atoms with Gasteiger partial charge in [0.05, 0.1) is 19.3 Å². The van der Waals surface area contributed by atoms with Crippen LogP contribution in [0.2, 0.25) is 0 Å². The van der Waals surface area contributed by atoms with E-state index < -0.39 is 0 Å². The first-order chi connectivity index (χ1) is 8.86. The van der Waals surface area contributed by atoms with Crippen LogP contribution < -0.4 is 5.73 Å². The van der Waals surface area contributed by atoms with Crippen LogP contribution in [0.5, 0.6) is 0 Å². The molecule has 0 saturated heterocycles. The van der Waals surface area contributed by atoms with Crippen LogP contribution in [0.3, 0.4) is 0 Å². The van der Waals surface area contributed by atoms with Crippen LogP contribution in [0.1, 0.15) is 17.3 Å². The van der Waals surface area contributed by atoms with E-state index in [1.165, 1.54) is 0 Å². The van der Waals surface area contributed by atoms with Crippen molar-refractivity contribution in [3.8, 4) is 0 Å². The SMILES string of the molecule is NC(COCCc1ccccn1)c1ccccc1. The molecule has 1 atom stereocenters. The van der Waals surface area contributed by atoms with Gasteiger partial charge in [-0.3, -0.25) is 4.98 Å². The molecule has 0 spiro atoms. The van der Waals surface area contributed by atoms with Crippen molar-refractivity contribution in [2.75, 3.05) is 13.2 Å². The molecule has 2 aromatic rings. The third kappa shape index (κ3) is 3.95. The van der Waals surface area contributed by atoms with Gasteiger partial charge in [-0.15, -0.1) is 0 Å². The van der Waals surface area contributed by atoms with Gasteiger partial charge in [0.2, 0.25) is 0 Å². The molecule has 1 heterocycles. The Kier molecular flexibility index (Phi) is 4.88. The molecule has 0 aliphatic heterocycles. The van der Waals surface area contributed by atoms with Crippen molar-refractivity contribution in [2.24, 2.45) is 5.73 Å². The number of aromatic nitrogens is 1. The van der Waals surface area contributed by atoms with Crippen LogP contribution in [0.25, 0.3) is 0 Å². The lowest BCUT2D eigenvalue weighted by atomic mass is 10.1. The van der Waals surface area contributed by atoms with Crippen LogP contribution in [-0.2, 0) is 11.2 Å². The van der Waals surface area contributed by atoms with Gasteiger partial charge in [0.1, 0.15) is 0 Å². The van der Waals surface area contributed by atoms with Gasteiger partial charge in [-0.25, -0.2) is 0 Å². The van der Waals surface area contributed by atoms with Crippen LogP contribution in [0.15, 0.2) is 54.7 Å². The predicted molar refractivity (Wildman–Crippen MR) is 72.1 cm³/mol. The van der Waals surface area contributed by atoms with E-state index in [-0.39, 0.29) is 6.04 Å². The third-order valence-electron chi connectivity index (χ3n) is 2.75. The lowest BCUT2D eigenvalue weighted by molar-refractivity contribution is 0.123. The third-order valence-corrected chi connectivity index (χ3v) is 2.75. The van der Waals surface area contributed by atoms with Crippen LogP contribution in [-0.4, -0.2) is 18.2 Å². The summed E-state index contributed by atoms with van der Waals surface area (Å²) in [5.41, 5.74) is 8.19. The molecule has 1 aromatic heterocycles. The van der Waals surface area contributed by atoms with E-state index in [4.69, 9.17) is 10.5 Å². The summed E-state index contributed by atoms with van der Waals surface area (Å²) in [4.78, 5) is 4.24. The standard InChI is InChI=1S/C15H18N2O/c16-15(13-6-2-1-3-7-13)12-18-11-9-14-8-4-5-10-17-14/h1-8,10,15H,9,11-12,16H2. The number of hydrogen-bond donors (Lipinski definition) is 1. The molecule has 0 amide bonds. The zero-order valence-corrected chi connectivity index (χ0v) is 10.3. The number of pyridine rings is 1. The molecule has 3 heteroatoms. The summed E-state index contributed by atoms with van der Waals surface area (Å²) >= 11 is 0. The summed E-state index contributed by atoms with van der Waals surface area (Å²) in [6, 6.07) is 15.8. The highest BCUT2D eigenvalue weighted by atomic mass is 16.5. The number of ether oxygens (including phenoxy) is 1. The van der Waals surface area contributed by atoms with E-state index in [9.17, 15) is 0 Å². The Morgan fingerprint density at radius 2 is 1.83 bits per heavy atom. The number of nitrogens with zero attached hydrogens (tertiary/aromatic N) is 1. The van der Waals surface area contributed by atoms with Gasteiger partial charge in [-0.05, 0) is 17.7 Å². The maximum Gasteiger partial charge on any atom is 0.0659 e. The highest BCUT2D eigenvalue weighted by Gasteiger charge is 2.04. The van der Waals surface area contributed by atoms with Gasteiger partial charge >= 0.3 is 0 Å². The molecule has 0 aliphatic rings. The van der Waals surface area contributed by atoms with E-state index in [1.54, 1.807) is 6.20 Å². The zero-order chi connectivity index (χ0) is 12.6. The van der Waals surface area contributed by atoms with Crippen molar-refractivity contribution in [2.45, 2.75) is 12.5 Å². The quantitative estimate of drug-likeness (QED) is 0.791. The Morgan fingerprint density at radius 3 is 2.56 bits per heavy atom. The minimum atomic E-state index is -0.0602. The average Bonchev–Trinajstić information content (AvgIpc) is 2.45. The van der Waals surface area contributed by atoms with Crippen LogP contribution >= 0.6 is 0 Å². The Balaban J connectivity index is 1.70. The fourth-order valence-corrected chi connectivity index (χ4v) is 1.73. The molecule has 1 aromatic carbocycles. The number of benzene rings is 1. The van der Waals surface area contributed by atoms with Crippen molar-refractivity contribution < 1.29 is 4.74 Å². The van der Waals surface area contributed by atoms with E-state index in [2.05, 4.69) is 4.98 Å². The summed E-state index contributed by atoms with van der Waals surface area (Å²) < 4.78 is 5.59. The van der Waals surface area contributed by atoms with E-state index in [0.29, 0.717) is 13.2 Å². The molecule has 94 valence electrons. The predicted octanol–water partition coefficient (Wildman–Crippen LogP) is 2.34. The Bertz CT molecular complexity index is 445. The Labute approximate surface area is 108 Å². The van der Waals surface area contributed by atoms with E-state index in [0.717, 1.165) is 17.7 Å². The van der Waals surface area contributed by atoms with Crippen molar-refractivity contribution in [1.82, 2.24) is 4.98 Å². The Morgan fingerprint density at radius 1 is 1.06 bits per heavy atom. The monoisotopic (exact) mass is 242 g/mol. The van der Waals surface area contributed by atoms with Gasteiger partial charge in [0.25, 0.3) is 0 Å². The normalized spacial score (nSPS) is 12.3. The summed E-state index contributed by atoms with van der Waals surface area (Å²) in [6.45, 7) is 1.19. The molecule has 18 heavy (non-hydrogen) atoms. The molecule has 3 nitrogen and oxygen atoms in total. The highest BCUT2D eigenvalue weighted by molar-refractivity contribution is 5.18. The first kappa shape index (κ1) is 12.7. The second-order valence-corrected chi connectivity index (χ2v) is 4.16. The number of nitrogens with two attached hydrogens (primary N) is 1. The fourth-order valence-electron chi connectivity index (χ4n) is 1.73. The van der Waals surface area contributed by atoms with Gasteiger partial charge < -0.3 is 10.5 Å². The Hall–Kier alpha value is -1.71. The molecule has 2 N–H and O–H groups in total. The summed E-state index contributed by atoms with van der Waals surface area (Å²) in [5.74, 6) is 0. The molecular weight excluding hydrogens is 224 g/mol. The maximum absolute atomic E-state index is 6.03. The molecular formula is C15H18N2O. The van der Waals surface area contributed by atoms with Crippen molar-refractivity contribution in [3.05, 3.63) is 66.0 Å². The van der Waals surface area contributed by atoms with Crippen molar-refractivity contribution in [1.29, 1.82) is 0 Å². The van der Waals surface area contributed by atoms with Gasteiger partial charge in [-0.1, -0.05) is 36.4 Å². The van der Waals surface area contributed by atoms with Gasteiger partial charge in [0.15, 0.2) is 0 Å². The van der Waals surface area contributed by atoms with Crippen LogP contribution in [0, 0.1) is 0 Å². The summed E-state index contributed by atoms with van der Waals surface area (Å²) in [6.07, 6.45) is 2.62. The van der Waals surface area contributed by atoms with E-state index in [1.807, 2.05) is 48.5 Å². The topological polar surface area (TPSA) is 48.1 Å². The lowest BCUT2D eigenvalue weighted by Gasteiger charge is -2.12. The van der Waals surface area contributed by atoms with Crippen molar-refractivity contribution >= 4 is 0 Å². The minimum absolute atomic E-state index is 0.0602. The number of hydrogen-bond acceptors (Lipinski definition) is 3. The minimum Gasteiger partial charge on any atom is -0.379 e. The van der Waals surface area contributed by atoms with Crippen molar-refractivity contribution in [3.63, 3.8) is 0 Å². The molecule has 0 saturated carbocycles. The molecule has 2 rings (SSSR count). The lowest BCUT2D eigenvalue weighted by Crippen LogP contribution is -2.18. The summed E-state index contributed by atoms with van der Waals surface area (Å²) in [7, 11) is 0. The molecule has 0 bridgehead atoms. The molecule has 1 unspecified atom stereocenters. The zero-order valence-electron chi connectivity index (χ0n) is 10.3. The number of rotatable bonds is 6. The molecule has 0 radical (unpaired) electrons. The highest BCUT2D eigenvalue weighted by Crippen LogP contribution is 2.09. The van der Waals surface area contributed by atoms with Gasteiger partial charge in [0, 0.05) is 18.3 Å².